The summed E-state index contributed by atoms with van der Waals surface area (Å²) in [5, 5.41) is 10.0. The minimum Gasteiger partial charge on any atom is -0.318 e. The molecule has 0 spiro atoms. The van der Waals surface area contributed by atoms with Gasteiger partial charge in [0.15, 0.2) is 0 Å². The molecule has 0 amide bonds. The Hall–Kier alpha value is -1.50. The molecule has 0 N–H and O–H groups in total. The second kappa shape index (κ2) is 4.56. The summed E-state index contributed by atoms with van der Waals surface area (Å²) in [4.78, 5) is 3.91. The molecule has 0 aliphatic carbocycles. The van der Waals surface area contributed by atoms with Crippen molar-refractivity contribution in [2.45, 2.75) is 6.54 Å². The molecular formula is C11H7Cl2N3. The van der Waals surface area contributed by atoms with E-state index < -0.39 is 0 Å². The lowest BCUT2D eigenvalue weighted by Crippen LogP contribution is -2.02. The van der Waals surface area contributed by atoms with Crippen molar-refractivity contribution in [3.8, 4) is 6.07 Å². The van der Waals surface area contributed by atoms with Crippen LogP contribution >= 0.6 is 23.2 Å². The predicted octanol–water partition coefficient (Wildman–Crippen LogP) is 3.11. The summed E-state index contributed by atoms with van der Waals surface area (Å²) in [6.45, 7) is 0.446. The molecular weight excluding hydrogens is 245 g/mol. The maximum absolute atomic E-state index is 8.82. The quantitative estimate of drug-likeness (QED) is 0.823. The lowest BCUT2D eigenvalue weighted by molar-refractivity contribution is 0.782. The Balaban J connectivity index is 2.38. The molecule has 5 heteroatoms. The highest BCUT2D eigenvalue weighted by molar-refractivity contribution is 6.35. The highest BCUT2D eigenvalue weighted by Gasteiger charge is 2.08. The van der Waals surface area contributed by atoms with Crippen LogP contribution in [0.4, 0.5) is 0 Å². The summed E-state index contributed by atoms with van der Waals surface area (Å²) in [5.74, 6) is 0.344. The number of benzene rings is 1. The van der Waals surface area contributed by atoms with Crippen molar-refractivity contribution in [3.05, 3.63) is 52.0 Å². The van der Waals surface area contributed by atoms with Crippen molar-refractivity contribution in [2.24, 2.45) is 0 Å². The standard InChI is InChI=1S/C11H7Cl2N3/c12-9-2-1-3-10(13)8(9)7-16-5-4-15-11(16)6-14/h1-5H,7H2. The van der Waals surface area contributed by atoms with E-state index in [-0.39, 0.29) is 0 Å². The fourth-order valence-corrected chi connectivity index (χ4v) is 1.92. The zero-order chi connectivity index (χ0) is 11.5. The molecule has 1 aromatic heterocycles. The summed E-state index contributed by atoms with van der Waals surface area (Å²) >= 11 is 12.1. The summed E-state index contributed by atoms with van der Waals surface area (Å²) < 4.78 is 1.70. The first-order chi connectivity index (χ1) is 7.72. The molecule has 1 aromatic carbocycles. The molecule has 0 fully saturated rings. The van der Waals surface area contributed by atoms with Crippen LogP contribution in [0.25, 0.3) is 0 Å². The minimum absolute atomic E-state index is 0.344. The van der Waals surface area contributed by atoms with Crippen molar-refractivity contribution >= 4 is 23.2 Å². The highest BCUT2D eigenvalue weighted by Crippen LogP contribution is 2.25. The van der Waals surface area contributed by atoms with Gasteiger partial charge in [-0.15, -0.1) is 0 Å². The summed E-state index contributed by atoms with van der Waals surface area (Å²) in [7, 11) is 0. The first-order valence-corrected chi connectivity index (χ1v) is 5.32. The summed E-state index contributed by atoms with van der Waals surface area (Å²) in [6.07, 6.45) is 3.29. The number of nitriles is 1. The molecule has 0 aliphatic heterocycles. The van der Waals surface area contributed by atoms with Crippen LogP contribution in [0.15, 0.2) is 30.6 Å². The highest BCUT2D eigenvalue weighted by atomic mass is 35.5. The lowest BCUT2D eigenvalue weighted by Gasteiger charge is -2.08. The number of aromatic nitrogens is 2. The third-order valence-electron chi connectivity index (χ3n) is 2.21. The largest absolute Gasteiger partial charge is 0.318 e. The summed E-state index contributed by atoms with van der Waals surface area (Å²) in [5.41, 5.74) is 0.792. The number of hydrogen-bond donors (Lipinski definition) is 0. The van der Waals surface area contributed by atoms with Gasteiger partial charge in [-0.25, -0.2) is 4.98 Å². The van der Waals surface area contributed by atoms with Gasteiger partial charge in [0.1, 0.15) is 6.07 Å². The van der Waals surface area contributed by atoms with Gasteiger partial charge < -0.3 is 4.57 Å². The van der Waals surface area contributed by atoms with E-state index in [4.69, 9.17) is 28.5 Å². The van der Waals surface area contributed by atoms with E-state index in [2.05, 4.69) is 4.98 Å². The lowest BCUT2D eigenvalue weighted by atomic mass is 10.2. The molecule has 2 aromatic rings. The average Bonchev–Trinajstić information content (AvgIpc) is 2.71. The molecule has 0 saturated heterocycles. The van der Waals surface area contributed by atoms with Crippen molar-refractivity contribution < 1.29 is 0 Å². The molecule has 16 heavy (non-hydrogen) atoms. The van der Waals surface area contributed by atoms with E-state index in [1.807, 2.05) is 6.07 Å². The van der Waals surface area contributed by atoms with Gasteiger partial charge >= 0.3 is 0 Å². The normalized spacial score (nSPS) is 10.1. The molecule has 3 nitrogen and oxygen atoms in total. The summed E-state index contributed by atoms with van der Waals surface area (Å²) in [6, 6.07) is 7.32. The van der Waals surface area contributed by atoms with E-state index in [9.17, 15) is 0 Å². The molecule has 0 radical (unpaired) electrons. The van der Waals surface area contributed by atoms with E-state index in [0.717, 1.165) is 5.56 Å². The topological polar surface area (TPSA) is 41.6 Å². The minimum atomic E-state index is 0.344. The Labute approximate surface area is 103 Å². The van der Waals surface area contributed by atoms with Gasteiger partial charge in [0.25, 0.3) is 0 Å². The second-order valence-corrected chi connectivity index (χ2v) is 4.01. The van der Waals surface area contributed by atoms with Crippen LogP contribution in [0.1, 0.15) is 11.4 Å². The zero-order valence-electron chi connectivity index (χ0n) is 8.19. The maximum Gasteiger partial charge on any atom is 0.213 e. The van der Waals surface area contributed by atoms with Crippen molar-refractivity contribution in [3.63, 3.8) is 0 Å². The monoisotopic (exact) mass is 251 g/mol. The smallest absolute Gasteiger partial charge is 0.213 e. The van der Waals surface area contributed by atoms with Crippen LogP contribution in [0.3, 0.4) is 0 Å². The van der Waals surface area contributed by atoms with E-state index >= 15 is 0 Å². The first-order valence-electron chi connectivity index (χ1n) is 4.56. The molecule has 0 aliphatic rings. The van der Waals surface area contributed by atoms with E-state index in [1.54, 1.807) is 35.2 Å². The second-order valence-electron chi connectivity index (χ2n) is 3.19. The molecule has 1 heterocycles. The SMILES string of the molecule is N#Cc1nccn1Cc1c(Cl)cccc1Cl. The van der Waals surface area contributed by atoms with Crippen molar-refractivity contribution in [1.29, 1.82) is 5.26 Å². The van der Waals surface area contributed by atoms with Crippen LogP contribution in [0, 0.1) is 11.3 Å². The third-order valence-corrected chi connectivity index (χ3v) is 2.91. The molecule has 0 bridgehead atoms. The Morgan fingerprint density at radius 3 is 2.62 bits per heavy atom. The Bertz CT molecular complexity index is 534. The average molecular weight is 252 g/mol. The number of nitrogens with zero attached hydrogens (tertiary/aromatic N) is 3. The van der Waals surface area contributed by atoms with E-state index in [1.165, 1.54) is 0 Å². The van der Waals surface area contributed by atoms with Gasteiger partial charge in [-0.05, 0) is 12.1 Å². The van der Waals surface area contributed by atoms with Gasteiger partial charge in [-0.1, -0.05) is 29.3 Å². The predicted molar refractivity (Wildman–Crippen MR) is 62.5 cm³/mol. The van der Waals surface area contributed by atoms with Gasteiger partial charge in [-0.3, -0.25) is 0 Å². The number of imidazole rings is 1. The molecule has 0 atom stereocenters. The van der Waals surface area contributed by atoms with Crippen LogP contribution in [0.5, 0.6) is 0 Å². The Morgan fingerprint density at radius 1 is 1.31 bits per heavy atom. The van der Waals surface area contributed by atoms with Gasteiger partial charge in [0, 0.05) is 28.0 Å². The molecule has 0 saturated carbocycles. The third kappa shape index (κ3) is 2.04. The zero-order valence-corrected chi connectivity index (χ0v) is 9.70. The van der Waals surface area contributed by atoms with Crippen molar-refractivity contribution in [1.82, 2.24) is 9.55 Å². The van der Waals surface area contributed by atoms with Crippen LogP contribution < -0.4 is 0 Å². The maximum atomic E-state index is 8.82. The fourth-order valence-electron chi connectivity index (χ4n) is 1.40. The molecule has 80 valence electrons. The van der Waals surface area contributed by atoms with Crippen LogP contribution in [-0.2, 0) is 6.54 Å². The molecule has 2 rings (SSSR count). The number of rotatable bonds is 2. The van der Waals surface area contributed by atoms with Gasteiger partial charge in [0.2, 0.25) is 5.82 Å². The van der Waals surface area contributed by atoms with Crippen molar-refractivity contribution in [2.75, 3.05) is 0 Å². The van der Waals surface area contributed by atoms with Crippen LogP contribution in [-0.4, -0.2) is 9.55 Å². The van der Waals surface area contributed by atoms with E-state index in [0.29, 0.717) is 22.4 Å². The number of hydrogen-bond acceptors (Lipinski definition) is 2. The first kappa shape index (κ1) is 11.0. The Morgan fingerprint density at radius 2 is 2.00 bits per heavy atom. The Kier molecular flexibility index (Phi) is 3.14. The fraction of sp³-hybridized carbons (Fsp3) is 0.0909. The van der Waals surface area contributed by atoms with Gasteiger partial charge in [0.05, 0.1) is 6.54 Å². The molecule has 0 unspecified atom stereocenters. The van der Waals surface area contributed by atoms with Gasteiger partial charge in [-0.2, -0.15) is 5.26 Å². The van der Waals surface area contributed by atoms with Crippen LogP contribution in [0.2, 0.25) is 10.0 Å². The number of halogens is 2.